The molecule has 1 aliphatic heterocycles. The van der Waals surface area contributed by atoms with Crippen LogP contribution in [0.3, 0.4) is 0 Å². The van der Waals surface area contributed by atoms with Crippen LogP contribution < -0.4 is 15.4 Å². The zero-order valence-electron chi connectivity index (χ0n) is 16.1. The molecule has 0 radical (unpaired) electrons. The lowest BCUT2D eigenvalue weighted by Crippen LogP contribution is -2.47. The highest BCUT2D eigenvalue weighted by atomic mass is 16.5. The fraction of sp³-hybridized carbons (Fsp3) is 0.409. The van der Waals surface area contributed by atoms with E-state index in [2.05, 4.69) is 22.8 Å². The Morgan fingerprint density at radius 2 is 1.85 bits per heavy atom. The monoisotopic (exact) mass is 368 g/mol. The van der Waals surface area contributed by atoms with E-state index in [4.69, 9.17) is 9.47 Å². The molecule has 0 atom stereocenters. The van der Waals surface area contributed by atoms with Crippen LogP contribution in [0.5, 0.6) is 5.75 Å². The van der Waals surface area contributed by atoms with Gasteiger partial charge in [0, 0.05) is 24.8 Å². The molecule has 1 amide bonds. The van der Waals surface area contributed by atoms with Gasteiger partial charge in [-0.2, -0.15) is 0 Å². The number of carbonyl (C=O) groups excluding carboxylic acids is 1. The fourth-order valence-electron chi connectivity index (χ4n) is 3.69. The molecule has 1 heterocycles. The second kappa shape index (κ2) is 9.02. The Kier molecular flexibility index (Phi) is 6.48. The van der Waals surface area contributed by atoms with Crippen LogP contribution in [0.1, 0.15) is 24.0 Å². The molecule has 2 aromatic carbocycles. The number of amides is 1. The highest BCUT2D eigenvalue weighted by Crippen LogP contribution is 2.32. The second-order valence-electron chi connectivity index (χ2n) is 7.11. The lowest BCUT2D eigenvalue weighted by molar-refractivity contribution is -0.130. The van der Waals surface area contributed by atoms with Gasteiger partial charge < -0.3 is 20.1 Å². The van der Waals surface area contributed by atoms with E-state index in [0.29, 0.717) is 6.61 Å². The Morgan fingerprint density at radius 1 is 1.11 bits per heavy atom. The lowest BCUT2D eigenvalue weighted by atomic mass is 9.78. The van der Waals surface area contributed by atoms with Gasteiger partial charge in [-0.25, -0.2) is 0 Å². The molecule has 0 aliphatic carbocycles. The summed E-state index contributed by atoms with van der Waals surface area (Å²) >= 11 is 0. The van der Waals surface area contributed by atoms with Crippen molar-refractivity contribution in [1.82, 2.24) is 5.32 Å². The van der Waals surface area contributed by atoms with Gasteiger partial charge in [0.25, 0.3) is 0 Å². The van der Waals surface area contributed by atoms with E-state index in [9.17, 15) is 4.79 Å². The predicted octanol–water partition coefficient (Wildman–Crippen LogP) is 3.24. The Morgan fingerprint density at radius 3 is 2.52 bits per heavy atom. The molecule has 0 bridgehead atoms. The van der Waals surface area contributed by atoms with Crippen LogP contribution in [0, 0.1) is 5.41 Å². The van der Waals surface area contributed by atoms with Crippen LogP contribution in [0.4, 0.5) is 5.69 Å². The van der Waals surface area contributed by atoms with E-state index in [-0.39, 0.29) is 5.91 Å². The first-order chi connectivity index (χ1) is 13.2. The van der Waals surface area contributed by atoms with Gasteiger partial charge >= 0.3 is 0 Å². The maximum Gasteiger partial charge on any atom is 0.233 e. The molecule has 27 heavy (non-hydrogen) atoms. The van der Waals surface area contributed by atoms with Crippen molar-refractivity contribution >= 4 is 11.6 Å². The molecule has 3 rings (SSSR count). The average Bonchev–Trinajstić information content (AvgIpc) is 2.70. The zero-order valence-corrected chi connectivity index (χ0v) is 16.1. The number of benzene rings is 2. The third-order valence-corrected chi connectivity index (χ3v) is 5.24. The summed E-state index contributed by atoms with van der Waals surface area (Å²) in [6, 6.07) is 16.1. The molecule has 5 heteroatoms. The van der Waals surface area contributed by atoms with E-state index in [1.165, 1.54) is 5.56 Å². The Labute approximate surface area is 161 Å². The van der Waals surface area contributed by atoms with Crippen molar-refractivity contribution in [2.75, 3.05) is 39.2 Å². The van der Waals surface area contributed by atoms with Crippen molar-refractivity contribution < 1.29 is 14.3 Å². The zero-order chi connectivity index (χ0) is 19.1. The van der Waals surface area contributed by atoms with Gasteiger partial charge in [0.05, 0.1) is 19.1 Å². The van der Waals surface area contributed by atoms with Crippen LogP contribution in [0.15, 0.2) is 48.5 Å². The number of nitrogens with one attached hydrogen (secondary N) is 2. The van der Waals surface area contributed by atoms with Crippen LogP contribution in [0.2, 0.25) is 0 Å². The molecular formula is C22H28N2O3. The van der Waals surface area contributed by atoms with E-state index in [1.54, 1.807) is 14.2 Å². The molecule has 0 saturated carbocycles. The number of piperidine rings is 1. The highest BCUT2D eigenvalue weighted by Gasteiger charge is 2.39. The minimum Gasteiger partial charge on any atom is -0.496 e. The number of carbonyl (C=O) groups is 1. The SMILES string of the molecule is COCC1(C(=O)Nc2ccc(OC)c(Cc3ccccc3)c2)CCNCC1. The average molecular weight is 368 g/mol. The minimum absolute atomic E-state index is 0.0293. The summed E-state index contributed by atoms with van der Waals surface area (Å²) in [6.07, 6.45) is 2.31. The first-order valence-corrected chi connectivity index (χ1v) is 9.39. The van der Waals surface area contributed by atoms with E-state index in [1.807, 2.05) is 36.4 Å². The minimum atomic E-state index is -0.473. The molecule has 2 aromatic rings. The third kappa shape index (κ3) is 4.67. The van der Waals surface area contributed by atoms with Gasteiger partial charge in [-0.05, 0) is 49.7 Å². The summed E-state index contributed by atoms with van der Waals surface area (Å²) in [6.45, 7) is 2.10. The van der Waals surface area contributed by atoms with Gasteiger partial charge in [0.2, 0.25) is 5.91 Å². The van der Waals surface area contributed by atoms with Crippen LogP contribution >= 0.6 is 0 Å². The van der Waals surface area contributed by atoms with Crippen molar-refractivity contribution in [3.05, 3.63) is 59.7 Å². The number of rotatable bonds is 7. The molecule has 2 N–H and O–H groups in total. The molecule has 0 spiro atoms. The van der Waals surface area contributed by atoms with Crippen molar-refractivity contribution in [2.24, 2.45) is 5.41 Å². The van der Waals surface area contributed by atoms with Crippen molar-refractivity contribution in [2.45, 2.75) is 19.3 Å². The van der Waals surface area contributed by atoms with Gasteiger partial charge in [0.1, 0.15) is 5.75 Å². The molecule has 1 fully saturated rings. The second-order valence-corrected chi connectivity index (χ2v) is 7.11. The molecule has 0 unspecified atom stereocenters. The maximum atomic E-state index is 13.1. The third-order valence-electron chi connectivity index (χ3n) is 5.24. The summed E-state index contributed by atoms with van der Waals surface area (Å²) < 4.78 is 10.9. The van der Waals surface area contributed by atoms with E-state index >= 15 is 0 Å². The molecular weight excluding hydrogens is 340 g/mol. The number of hydrogen-bond acceptors (Lipinski definition) is 4. The maximum absolute atomic E-state index is 13.1. The number of methoxy groups -OCH3 is 2. The van der Waals surface area contributed by atoms with Gasteiger partial charge in [-0.1, -0.05) is 30.3 Å². The molecule has 5 nitrogen and oxygen atoms in total. The smallest absolute Gasteiger partial charge is 0.233 e. The van der Waals surface area contributed by atoms with Crippen molar-refractivity contribution in [1.29, 1.82) is 0 Å². The Hall–Kier alpha value is -2.37. The van der Waals surface area contributed by atoms with Crippen molar-refractivity contribution in [3.63, 3.8) is 0 Å². The quantitative estimate of drug-likeness (QED) is 0.788. The standard InChI is InChI=1S/C22H28N2O3/c1-26-16-22(10-12-23-13-11-22)21(25)24-19-8-9-20(27-2)18(15-19)14-17-6-4-3-5-7-17/h3-9,15,23H,10-14,16H2,1-2H3,(H,24,25). The highest BCUT2D eigenvalue weighted by molar-refractivity contribution is 5.95. The van der Waals surface area contributed by atoms with E-state index in [0.717, 1.165) is 49.4 Å². The summed E-state index contributed by atoms with van der Waals surface area (Å²) in [5.74, 6) is 0.854. The Bertz CT molecular complexity index is 750. The number of anilines is 1. The first-order valence-electron chi connectivity index (χ1n) is 9.39. The molecule has 0 aromatic heterocycles. The van der Waals surface area contributed by atoms with Crippen LogP contribution in [-0.4, -0.2) is 39.8 Å². The normalized spacial score (nSPS) is 15.9. The molecule has 144 valence electrons. The molecule has 1 saturated heterocycles. The topological polar surface area (TPSA) is 59.6 Å². The van der Waals surface area contributed by atoms with Crippen molar-refractivity contribution in [3.8, 4) is 5.75 Å². The fourth-order valence-corrected chi connectivity index (χ4v) is 3.69. The molecule has 1 aliphatic rings. The number of hydrogen-bond donors (Lipinski definition) is 2. The van der Waals surface area contributed by atoms with Crippen LogP contribution in [0.25, 0.3) is 0 Å². The summed E-state index contributed by atoms with van der Waals surface area (Å²) in [7, 11) is 3.33. The van der Waals surface area contributed by atoms with Crippen LogP contribution in [-0.2, 0) is 16.0 Å². The summed E-state index contributed by atoms with van der Waals surface area (Å²) in [5.41, 5.74) is 2.57. The number of ether oxygens (including phenoxy) is 2. The van der Waals surface area contributed by atoms with Gasteiger partial charge in [0.15, 0.2) is 0 Å². The summed E-state index contributed by atoms with van der Waals surface area (Å²) in [4.78, 5) is 13.1. The lowest BCUT2D eigenvalue weighted by Gasteiger charge is -2.35. The van der Waals surface area contributed by atoms with Gasteiger partial charge in [-0.3, -0.25) is 4.79 Å². The Balaban J connectivity index is 1.80. The predicted molar refractivity (Wildman–Crippen MR) is 107 cm³/mol. The van der Waals surface area contributed by atoms with E-state index < -0.39 is 5.41 Å². The van der Waals surface area contributed by atoms with Gasteiger partial charge in [-0.15, -0.1) is 0 Å². The first kappa shape index (κ1) is 19.4. The largest absolute Gasteiger partial charge is 0.496 e. The summed E-state index contributed by atoms with van der Waals surface area (Å²) in [5, 5.41) is 6.43.